The fourth-order valence-corrected chi connectivity index (χ4v) is 1.68. The highest BCUT2D eigenvalue weighted by Gasteiger charge is 2.13. The molecule has 0 saturated carbocycles. The molecule has 0 amide bonds. The lowest BCUT2D eigenvalue weighted by Gasteiger charge is -2.08. The Bertz CT molecular complexity index is 537. The van der Waals surface area contributed by atoms with Gasteiger partial charge in [-0.15, -0.1) is 11.6 Å². The minimum absolute atomic E-state index is 0.0540. The van der Waals surface area contributed by atoms with E-state index in [2.05, 4.69) is 0 Å². The Labute approximate surface area is 116 Å². The van der Waals surface area contributed by atoms with Crippen LogP contribution in [0.5, 0.6) is 5.75 Å². The van der Waals surface area contributed by atoms with Crippen molar-refractivity contribution in [3.8, 4) is 16.9 Å². The van der Waals surface area contributed by atoms with E-state index < -0.39 is 11.3 Å². The largest absolute Gasteiger partial charge is 0.491 e. The molecule has 0 radical (unpaired) electrons. The SMILES string of the molecule is O=C(O)C(Cl)COc1ccc(-c2ccccc2)cc1. The van der Waals surface area contributed by atoms with Crippen LogP contribution < -0.4 is 4.74 Å². The Morgan fingerprint density at radius 1 is 1.05 bits per heavy atom. The topological polar surface area (TPSA) is 46.5 Å². The van der Waals surface area contributed by atoms with Crippen LogP contribution in [-0.4, -0.2) is 23.1 Å². The number of benzene rings is 2. The molecule has 0 aliphatic heterocycles. The summed E-state index contributed by atoms with van der Waals surface area (Å²) < 4.78 is 5.31. The van der Waals surface area contributed by atoms with Crippen LogP contribution in [0, 0.1) is 0 Å². The van der Waals surface area contributed by atoms with Gasteiger partial charge in [0.05, 0.1) is 0 Å². The molecule has 19 heavy (non-hydrogen) atoms. The standard InChI is InChI=1S/C15H13ClO3/c16-14(15(17)18)10-19-13-8-6-12(7-9-13)11-4-2-1-3-5-11/h1-9,14H,10H2,(H,17,18). The van der Waals surface area contributed by atoms with E-state index >= 15 is 0 Å². The van der Waals surface area contributed by atoms with Crippen molar-refractivity contribution in [3.05, 3.63) is 54.6 Å². The van der Waals surface area contributed by atoms with Crippen molar-refractivity contribution in [1.29, 1.82) is 0 Å². The summed E-state index contributed by atoms with van der Waals surface area (Å²) in [6.45, 7) is -0.0540. The zero-order valence-electron chi connectivity index (χ0n) is 10.1. The molecule has 0 aliphatic carbocycles. The average molecular weight is 277 g/mol. The van der Waals surface area contributed by atoms with E-state index in [1.807, 2.05) is 42.5 Å². The second-order valence-corrected chi connectivity index (χ2v) is 4.53. The number of hydrogen-bond acceptors (Lipinski definition) is 2. The summed E-state index contributed by atoms with van der Waals surface area (Å²) in [4.78, 5) is 10.5. The van der Waals surface area contributed by atoms with Crippen molar-refractivity contribution in [2.75, 3.05) is 6.61 Å². The molecule has 98 valence electrons. The fourth-order valence-electron chi connectivity index (χ4n) is 1.61. The maximum Gasteiger partial charge on any atom is 0.325 e. The summed E-state index contributed by atoms with van der Waals surface area (Å²) in [6.07, 6.45) is 0. The molecule has 1 atom stereocenters. The van der Waals surface area contributed by atoms with Crippen molar-refractivity contribution < 1.29 is 14.6 Å². The molecule has 1 unspecified atom stereocenters. The van der Waals surface area contributed by atoms with E-state index in [9.17, 15) is 4.79 Å². The third-order valence-corrected chi connectivity index (χ3v) is 2.94. The summed E-state index contributed by atoms with van der Waals surface area (Å²) in [5.74, 6) is -0.478. The molecule has 0 aromatic heterocycles. The van der Waals surface area contributed by atoms with E-state index in [1.165, 1.54) is 0 Å². The van der Waals surface area contributed by atoms with Crippen molar-refractivity contribution in [2.24, 2.45) is 0 Å². The maximum absolute atomic E-state index is 10.5. The van der Waals surface area contributed by atoms with E-state index in [1.54, 1.807) is 12.1 Å². The number of aliphatic carboxylic acids is 1. The molecule has 0 saturated heterocycles. The lowest BCUT2D eigenvalue weighted by molar-refractivity contribution is -0.137. The molecular weight excluding hydrogens is 264 g/mol. The Morgan fingerprint density at radius 3 is 2.21 bits per heavy atom. The molecule has 2 aromatic rings. The van der Waals surface area contributed by atoms with Crippen molar-refractivity contribution >= 4 is 17.6 Å². The van der Waals surface area contributed by atoms with Gasteiger partial charge in [0, 0.05) is 0 Å². The molecular formula is C15H13ClO3. The van der Waals surface area contributed by atoms with Gasteiger partial charge in [-0.05, 0) is 23.3 Å². The zero-order valence-corrected chi connectivity index (χ0v) is 10.9. The number of carbonyl (C=O) groups is 1. The molecule has 0 bridgehead atoms. The molecule has 0 heterocycles. The van der Waals surface area contributed by atoms with Gasteiger partial charge in [0.25, 0.3) is 0 Å². The van der Waals surface area contributed by atoms with Gasteiger partial charge in [-0.1, -0.05) is 42.5 Å². The predicted octanol–water partition coefficient (Wildman–Crippen LogP) is 3.42. The molecule has 1 N–H and O–H groups in total. The lowest BCUT2D eigenvalue weighted by atomic mass is 10.1. The molecule has 2 aromatic carbocycles. The Balaban J connectivity index is 2.01. The normalized spacial score (nSPS) is 11.8. The van der Waals surface area contributed by atoms with Gasteiger partial charge in [-0.2, -0.15) is 0 Å². The highest BCUT2D eigenvalue weighted by molar-refractivity contribution is 6.29. The summed E-state index contributed by atoms with van der Waals surface area (Å²) in [7, 11) is 0. The van der Waals surface area contributed by atoms with Crippen LogP contribution in [0.2, 0.25) is 0 Å². The first-order valence-corrected chi connectivity index (χ1v) is 6.25. The fraction of sp³-hybridized carbons (Fsp3) is 0.133. The number of hydrogen-bond donors (Lipinski definition) is 1. The average Bonchev–Trinajstić information content (AvgIpc) is 2.46. The van der Waals surface area contributed by atoms with Crippen LogP contribution in [0.4, 0.5) is 0 Å². The van der Waals surface area contributed by atoms with Gasteiger partial charge in [0.2, 0.25) is 0 Å². The number of alkyl halides is 1. The van der Waals surface area contributed by atoms with Crippen molar-refractivity contribution in [3.63, 3.8) is 0 Å². The molecule has 0 fully saturated rings. The van der Waals surface area contributed by atoms with Crippen LogP contribution >= 0.6 is 11.6 Å². The highest BCUT2D eigenvalue weighted by atomic mass is 35.5. The van der Waals surface area contributed by atoms with Gasteiger partial charge in [-0.25, -0.2) is 0 Å². The van der Waals surface area contributed by atoms with Crippen LogP contribution in [-0.2, 0) is 4.79 Å². The second-order valence-electron chi connectivity index (χ2n) is 4.01. The van der Waals surface area contributed by atoms with Gasteiger partial charge in [0.15, 0.2) is 5.38 Å². The Hall–Kier alpha value is -2.00. The number of carboxylic acids is 1. The van der Waals surface area contributed by atoms with E-state index in [0.717, 1.165) is 11.1 Å². The summed E-state index contributed by atoms with van der Waals surface area (Å²) in [6, 6.07) is 17.4. The van der Waals surface area contributed by atoms with E-state index in [0.29, 0.717) is 5.75 Å². The zero-order chi connectivity index (χ0) is 13.7. The summed E-state index contributed by atoms with van der Waals surface area (Å²) >= 11 is 5.57. The van der Waals surface area contributed by atoms with Gasteiger partial charge in [0.1, 0.15) is 12.4 Å². The molecule has 3 nitrogen and oxygen atoms in total. The lowest BCUT2D eigenvalue weighted by Crippen LogP contribution is -2.21. The Morgan fingerprint density at radius 2 is 1.63 bits per heavy atom. The van der Waals surface area contributed by atoms with Crippen molar-refractivity contribution in [2.45, 2.75) is 5.38 Å². The van der Waals surface area contributed by atoms with Gasteiger partial charge in [-0.3, -0.25) is 4.79 Å². The maximum atomic E-state index is 10.5. The van der Waals surface area contributed by atoms with Crippen LogP contribution in [0.25, 0.3) is 11.1 Å². The van der Waals surface area contributed by atoms with Gasteiger partial charge < -0.3 is 9.84 Å². The first-order valence-electron chi connectivity index (χ1n) is 5.82. The smallest absolute Gasteiger partial charge is 0.325 e. The van der Waals surface area contributed by atoms with E-state index in [4.69, 9.17) is 21.4 Å². The molecule has 4 heteroatoms. The first-order chi connectivity index (χ1) is 9.16. The molecule has 0 aliphatic rings. The highest BCUT2D eigenvalue weighted by Crippen LogP contribution is 2.22. The molecule has 0 spiro atoms. The molecule has 2 rings (SSSR count). The number of halogens is 1. The van der Waals surface area contributed by atoms with Crippen molar-refractivity contribution in [1.82, 2.24) is 0 Å². The number of ether oxygens (including phenoxy) is 1. The minimum atomic E-state index is -1.08. The first kappa shape index (κ1) is 13.4. The monoisotopic (exact) mass is 276 g/mol. The number of carboxylic acid groups (broad SMARTS) is 1. The summed E-state index contributed by atoms with van der Waals surface area (Å²) in [5.41, 5.74) is 2.20. The Kier molecular flexibility index (Phi) is 4.42. The minimum Gasteiger partial charge on any atom is -0.491 e. The third kappa shape index (κ3) is 3.73. The van der Waals surface area contributed by atoms with Crippen LogP contribution in [0.1, 0.15) is 0 Å². The van der Waals surface area contributed by atoms with Crippen LogP contribution in [0.15, 0.2) is 54.6 Å². The van der Waals surface area contributed by atoms with Gasteiger partial charge >= 0.3 is 5.97 Å². The van der Waals surface area contributed by atoms with E-state index in [-0.39, 0.29) is 6.61 Å². The summed E-state index contributed by atoms with van der Waals surface area (Å²) in [5, 5.41) is 7.61. The quantitative estimate of drug-likeness (QED) is 0.851. The third-order valence-electron chi connectivity index (χ3n) is 2.63. The predicted molar refractivity (Wildman–Crippen MR) is 74.6 cm³/mol. The second kappa shape index (κ2) is 6.25. The van der Waals surface area contributed by atoms with Crippen LogP contribution in [0.3, 0.4) is 0 Å². The number of rotatable bonds is 5.